The molecule has 1 aliphatic rings. The maximum absolute atomic E-state index is 12.4. The van der Waals surface area contributed by atoms with Gasteiger partial charge < -0.3 is 9.67 Å². The molecular weight excluding hydrogens is 729 g/mol. The van der Waals surface area contributed by atoms with E-state index in [2.05, 4.69) is 212 Å². The van der Waals surface area contributed by atoms with Crippen molar-refractivity contribution < 1.29 is 5.11 Å². The van der Waals surface area contributed by atoms with Gasteiger partial charge >= 0.3 is 0 Å². The van der Waals surface area contributed by atoms with Gasteiger partial charge in [-0.2, -0.15) is 0 Å². The van der Waals surface area contributed by atoms with Gasteiger partial charge in [0.25, 0.3) is 0 Å². The van der Waals surface area contributed by atoms with Gasteiger partial charge in [-0.05, 0) is 102 Å². The van der Waals surface area contributed by atoms with E-state index in [0.717, 1.165) is 51.1 Å². The van der Waals surface area contributed by atoms with E-state index in [-0.39, 0.29) is 16.2 Å². The Hall–Kier alpha value is -6.19. The van der Waals surface area contributed by atoms with Crippen molar-refractivity contribution in [3.8, 4) is 72.8 Å². The van der Waals surface area contributed by atoms with Gasteiger partial charge in [0.2, 0.25) is 0 Å². The number of hydrogen-bond acceptors (Lipinski definition) is 2. The summed E-state index contributed by atoms with van der Waals surface area (Å²) in [5, 5.41) is 12.4. The third kappa shape index (κ3) is 7.04. The maximum Gasteiger partial charge on any atom is 0.144 e. The van der Waals surface area contributed by atoms with Crippen molar-refractivity contribution in [2.75, 3.05) is 0 Å². The van der Waals surface area contributed by atoms with Crippen LogP contribution >= 0.6 is 0 Å². The lowest BCUT2D eigenvalue weighted by Crippen LogP contribution is -2.17. The second-order valence-electron chi connectivity index (χ2n) is 19.8. The zero-order chi connectivity index (χ0) is 42.1. The van der Waals surface area contributed by atoms with Gasteiger partial charge in [0, 0.05) is 23.2 Å². The summed E-state index contributed by atoms with van der Waals surface area (Å²) in [5.74, 6) is 1.11. The van der Waals surface area contributed by atoms with E-state index < -0.39 is 0 Å². The Bertz CT molecular complexity index is 2930. The van der Waals surface area contributed by atoms with Crippen LogP contribution in [0, 0.1) is 0 Å². The summed E-state index contributed by atoms with van der Waals surface area (Å²) < 4.78 is 2.42. The molecule has 0 unspecified atom stereocenters. The predicted octanol–water partition coefficient (Wildman–Crippen LogP) is 15.2. The fourth-order valence-corrected chi connectivity index (χ4v) is 9.00. The largest absolute Gasteiger partial charge is 0.507 e. The first-order chi connectivity index (χ1) is 28.6. The molecule has 300 valence electrons. The molecule has 0 aliphatic carbocycles. The molecule has 7 aromatic carbocycles. The second kappa shape index (κ2) is 14.5. The van der Waals surface area contributed by atoms with Crippen LogP contribution in [0.1, 0.15) is 84.6 Å². The lowest BCUT2D eigenvalue weighted by Gasteiger charge is -2.27. The van der Waals surface area contributed by atoms with E-state index >= 15 is 0 Å². The molecule has 0 fully saturated rings. The van der Waals surface area contributed by atoms with E-state index in [9.17, 15) is 5.11 Å². The van der Waals surface area contributed by atoms with Crippen LogP contribution in [0.2, 0.25) is 0 Å². The van der Waals surface area contributed by atoms with E-state index in [1.54, 1.807) is 0 Å². The van der Waals surface area contributed by atoms with Gasteiger partial charge in [0.1, 0.15) is 11.6 Å². The van der Waals surface area contributed by atoms with Crippen molar-refractivity contribution in [3.63, 3.8) is 0 Å². The van der Waals surface area contributed by atoms with Crippen LogP contribution in [0.4, 0.5) is 0 Å². The number of nitrogens with zero attached hydrogens (tertiary/aromatic N) is 2. The first kappa shape index (κ1) is 39.3. The number of rotatable bonds is 4. The van der Waals surface area contributed by atoms with E-state index in [1.165, 1.54) is 55.6 Å². The monoisotopic (exact) mass is 784 g/mol. The third-order valence-corrected chi connectivity index (χ3v) is 12.5. The molecule has 0 spiro atoms. The Kier molecular flexibility index (Phi) is 9.51. The zero-order valence-electron chi connectivity index (χ0n) is 36.6. The Morgan fingerprint density at radius 1 is 0.450 bits per heavy atom. The average Bonchev–Trinajstić information content (AvgIpc) is 3.62. The van der Waals surface area contributed by atoms with Crippen molar-refractivity contribution in [1.82, 2.24) is 9.55 Å². The summed E-state index contributed by atoms with van der Waals surface area (Å²) in [6.45, 7) is 20.9. The number of hydrogen-bond donors (Lipinski definition) is 1. The van der Waals surface area contributed by atoms with E-state index in [0.29, 0.717) is 12.3 Å². The van der Waals surface area contributed by atoms with Crippen LogP contribution in [-0.2, 0) is 29.2 Å². The molecule has 3 nitrogen and oxygen atoms in total. The highest BCUT2D eigenvalue weighted by molar-refractivity contribution is 6.06. The molecule has 9 rings (SSSR count). The molecule has 1 aromatic heterocycles. The number of benzene rings is 7. The van der Waals surface area contributed by atoms with E-state index in [1.807, 2.05) is 0 Å². The molecule has 0 saturated heterocycles. The van der Waals surface area contributed by atoms with Gasteiger partial charge in [0.05, 0.1) is 16.6 Å². The van der Waals surface area contributed by atoms with Gasteiger partial charge in [-0.15, -0.1) is 0 Å². The fraction of sp³-hybridized carbons (Fsp3) is 0.246. The molecule has 0 atom stereocenters. The van der Waals surface area contributed by atoms with Gasteiger partial charge in [0.15, 0.2) is 0 Å². The van der Waals surface area contributed by atoms with Crippen LogP contribution in [0.3, 0.4) is 0 Å². The van der Waals surface area contributed by atoms with Gasteiger partial charge in [-0.1, -0.05) is 190 Å². The number of aromatic nitrogens is 2. The fourth-order valence-electron chi connectivity index (χ4n) is 9.00. The summed E-state index contributed by atoms with van der Waals surface area (Å²) in [7, 11) is 0. The van der Waals surface area contributed by atoms with Crippen LogP contribution in [-0.4, -0.2) is 14.7 Å². The first-order valence-electron chi connectivity index (χ1n) is 21.5. The number of phenolic OH excluding ortho intramolecular Hbond substituents is 1. The number of aromatic hydroxyl groups is 1. The Morgan fingerprint density at radius 2 is 1.00 bits per heavy atom. The smallest absolute Gasteiger partial charge is 0.144 e. The topological polar surface area (TPSA) is 38.1 Å². The Balaban J connectivity index is 1.37. The van der Waals surface area contributed by atoms with Crippen LogP contribution in [0.15, 0.2) is 146 Å². The van der Waals surface area contributed by atoms with Crippen molar-refractivity contribution in [1.29, 1.82) is 0 Å². The molecule has 3 heteroatoms. The van der Waals surface area contributed by atoms with Crippen LogP contribution in [0.5, 0.6) is 5.75 Å². The summed E-state index contributed by atoms with van der Waals surface area (Å²) in [6.07, 6.45) is 0.819. The van der Waals surface area contributed by atoms with Crippen molar-refractivity contribution in [3.05, 3.63) is 168 Å². The number of fused-ring (bicyclic) bond motifs is 4. The molecule has 0 amide bonds. The number of imidazole rings is 1. The SMILES string of the molecule is CC(C)(C)c1cc(-c2cccc(-c3ccccc3)c2)cc(-c2ccc3c4c2nc(-c2cc(C(C)(C)C)cc(C(C)(C)C)c2O)n4CCc2ccccc2-c2ccccc2-3)c1. The quantitative estimate of drug-likeness (QED) is 0.193. The minimum absolute atomic E-state index is 0.0998. The van der Waals surface area contributed by atoms with Gasteiger partial charge in [-0.25, -0.2) is 4.98 Å². The lowest BCUT2D eigenvalue weighted by molar-refractivity contribution is 0.446. The van der Waals surface area contributed by atoms with E-state index in [4.69, 9.17) is 4.98 Å². The minimum Gasteiger partial charge on any atom is -0.507 e. The standard InChI is InChI=1S/C57H56N2O/c1-55(2,3)42-32-40(39-22-17-21-38(30-39)36-18-11-10-12-19-36)31-41(33-42)45-26-27-48-47-25-16-15-24-46(47)44-23-14-13-20-37(44)28-29-59-52(48)51(45)58-54(59)49-34-43(56(4,5)6)35-50(53(49)60)57(7,8)9/h10-27,30-35,60H,28-29H2,1-9H3. The molecule has 1 aliphatic heterocycles. The van der Waals surface area contributed by atoms with Crippen molar-refractivity contribution >= 4 is 11.0 Å². The summed E-state index contributed by atoms with van der Waals surface area (Å²) in [5.41, 5.74) is 18.7. The van der Waals surface area contributed by atoms with Crippen molar-refractivity contribution in [2.45, 2.75) is 91.5 Å². The zero-order valence-corrected chi connectivity index (χ0v) is 36.6. The molecule has 0 saturated carbocycles. The molecule has 0 radical (unpaired) electrons. The molecular formula is C57H56N2O. The third-order valence-electron chi connectivity index (χ3n) is 12.5. The Morgan fingerprint density at radius 3 is 1.68 bits per heavy atom. The van der Waals surface area contributed by atoms with Crippen LogP contribution in [0.25, 0.3) is 78.1 Å². The molecule has 60 heavy (non-hydrogen) atoms. The summed E-state index contributed by atoms with van der Waals surface area (Å²) >= 11 is 0. The highest BCUT2D eigenvalue weighted by Gasteiger charge is 2.30. The number of aryl methyl sites for hydroxylation is 2. The molecule has 1 N–H and O–H groups in total. The Labute approximate surface area is 356 Å². The highest BCUT2D eigenvalue weighted by atomic mass is 16.3. The normalized spacial score (nSPS) is 13.0. The molecule has 8 aromatic rings. The lowest BCUT2D eigenvalue weighted by atomic mass is 9.79. The minimum atomic E-state index is -0.282. The summed E-state index contributed by atoms with van der Waals surface area (Å²) in [4.78, 5) is 5.73. The summed E-state index contributed by atoms with van der Waals surface area (Å²) in [6, 6.07) is 53.3. The maximum atomic E-state index is 12.4. The molecule has 0 bridgehead atoms. The highest BCUT2D eigenvalue weighted by Crippen LogP contribution is 2.48. The molecule has 2 heterocycles. The second-order valence-corrected chi connectivity index (χ2v) is 19.8. The first-order valence-corrected chi connectivity index (χ1v) is 21.5. The average molecular weight is 785 g/mol. The van der Waals surface area contributed by atoms with Gasteiger partial charge in [-0.3, -0.25) is 0 Å². The number of phenols is 1. The predicted molar refractivity (Wildman–Crippen MR) is 254 cm³/mol. The van der Waals surface area contributed by atoms with Crippen LogP contribution < -0.4 is 0 Å². The van der Waals surface area contributed by atoms with Crippen molar-refractivity contribution in [2.24, 2.45) is 0 Å².